The minimum absolute atomic E-state index is 0.0268. The number of hydrogen-bond acceptors (Lipinski definition) is 42. The Morgan fingerprint density at radius 1 is 0.477 bits per heavy atom. The van der Waals surface area contributed by atoms with Gasteiger partial charge in [0.15, 0.2) is 55.5 Å². The van der Waals surface area contributed by atoms with Crippen LogP contribution in [0.3, 0.4) is 0 Å². The van der Waals surface area contributed by atoms with E-state index < -0.39 is 301 Å². The van der Waals surface area contributed by atoms with Crippen molar-refractivity contribution in [2.24, 2.45) is 50.2 Å². The molecule has 0 radical (unpaired) electrons. The zero-order valence-electron chi connectivity index (χ0n) is 73.0. The summed E-state index contributed by atoms with van der Waals surface area (Å²) in [6.07, 6.45) is -56.0. The van der Waals surface area contributed by atoms with Crippen LogP contribution < -0.4 is 4.74 Å². The molecule has 46 atom stereocenters. The molecule has 5 aliphatic carbocycles. The number of aliphatic hydroxyl groups excluding tert-OH is 21. The fourth-order valence-corrected chi connectivity index (χ4v) is 22.8. The van der Waals surface area contributed by atoms with Gasteiger partial charge in [-0.15, -0.1) is 0 Å². The third-order valence-electron chi connectivity index (χ3n) is 30.8. The molecule has 0 spiro atoms. The van der Waals surface area contributed by atoms with Gasteiger partial charge in [0.05, 0.1) is 63.9 Å². The van der Waals surface area contributed by atoms with E-state index in [4.69, 9.17) is 85.3 Å². The number of phenolic OH excluding ortho intramolecular Hbond substituents is 1. The molecule has 128 heavy (non-hydrogen) atoms. The minimum Gasteiger partial charge on any atom is -0.504 e. The van der Waals surface area contributed by atoms with Gasteiger partial charge in [-0.2, -0.15) is 0 Å². The molecule has 1 aromatic rings. The highest BCUT2D eigenvalue weighted by molar-refractivity contribution is 5.87. The number of hydrogen-bond donors (Lipinski definition) is 22. The van der Waals surface area contributed by atoms with E-state index in [-0.39, 0.29) is 52.1 Å². The summed E-state index contributed by atoms with van der Waals surface area (Å²) in [6.45, 7) is 14.3. The van der Waals surface area contributed by atoms with E-state index in [9.17, 15) is 117 Å². The molecule has 8 aliphatic heterocycles. The monoisotopic (exact) mass is 1840 g/mol. The van der Waals surface area contributed by atoms with Gasteiger partial charge in [-0.05, 0) is 147 Å². The fraction of sp³-hybridized carbons (Fsp3) is 0.860. The highest BCUT2D eigenvalue weighted by atomic mass is 16.8. The molecule has 0 bridgehead atoms. The van der Waals surface area contributed by atoms with Gasteiger partial charge in [0.1, 0.15) is 178 Å². The van der Waals surface area contributed by atoms with Crippen LogP contribution in [-0.2, 0) is 90.1 Å². The van der Waals surface area contributed by atoms with Gasteiger partial charge in [-0.25, -0.2) is 4.79 Å². The maximum Gasteiger partial charge on any atom is 0.330 e. The third kappa shape index (κ3) is 18.6. The van der Waals surface area contributed by atoms with Crippen molar-refractivity contribution in [1.29, 1.82) is 0 Å². The molecule has 4 saturated carbocycles. The van der Waals surface area contributed by atoms with E-state index in [2.05, 4.69) is 54.5 Å². The summed E-state index contributed by atoms with van der Waals surface area (Å²) in [7, 11) is 1.36. The maximum absolute atomic E-state index is 15.4. The van der Waals surface area contributed by atoms with E-state index >= 15 is 4.79 Å². The van der Waals surface area contributed by atoms with Gasteiger partial charge in [0.25, 0.3) is 0 Å². The van der Waals surface area contributed by atoms with Crippen molar-refractivity contribution >= 4 is 18.0 Å². The largest absolute Gasteiger partial charge is 0.504 e. The van der Waals surface area contributed by atoms with Crippen molar-refractivity contribution in [3.8, 4) is 11.5 Å². The number of aromatic hydroxyl groups is 1. The lowest BCUT2D eigenvalue weighted by Crippen LogP contribution is -2.66. The Balaban J connectivity index is 0.585. The predicted octanol–water partition coefficient (Wildman–Crippen LogP) is -5.43. The molecule has 0 unspecified atom stereocenters. The van der Waals surface area contributed by atoms with Gasteiger partial charge < -0.3 is 198 Å². The Bertz CT molecular complexity index is 3970. The smallest absolute Gasteiger partial charge is 0.330 e. The van der Waals surface area contributed by atoms with Crippen LogP contribution in [0.4, 0.5) is 0 Å². The van der Waals surface area contributed by atoms with Crippen LogP contribution in [0.2, 0.25) is 0 Å². The molecular weight excluding hydrogens is 1700 g/mol. The van der Waals surface area contributed by atoms with Gasteiger partial charge in [0.2, 0.25) is 6.29 Å². The topological polar surface area (TPSA) is 645 Å². The Morgan fingerprint density at radius 3 is 1.65 bits per heavy atom. The van der Waals surface area contributed by atoms with Crippen LogP contribution in [0, 0.1) is 50.2 Å². The molecule has 12 fully saturated rings. The zero-order chi connectivity index (χ0) is 93.0. The number of carbonyl (C=O) groups excluding carboxylic acids is 2. The predicted molar refractivity (Wildman–Crippen MR) is 426 cm³/mol. The zero-order valence-corrected chi connectivity index (χ0v) is 73.0. The van der Waals surface area contributed by atoms with Gasteiger partial charge in [-0.1, -0.05) is 66.2 Å². The number of ether oxygens (including phenoxy) is 18. The Kier molecular flexibility index (Phi) is 30.5. The summed E-state index contributed by atoms with van der Waals surface area (Å²) in [5, 5.41) is 244. The maximum atomic E-state index is 15.4. The third-order valence-corrected chi connectivity index (χ3v) is 30.8. The highest BCUT2D eigenvalue weighted by Crippen LogP contribution is 2.76. The van der Waals surface area contributed by atoms with Crippen LogP contribution in [0.1, 0.15) is 132 Å². The molecule has 42 heteroatoms. The summed E-state index contributed by atoms with van der Waals surface area (Å²) >= 11 is 0. The number of esters is 2. The molecule has 1 aromatic carbocycles. The molecule has 22 N–H and O–H groups in total. The average Bonchev–Trinajstić information content (AvgIpc) is 0.673. The summed E-state index contributed by atoms with van der Waals surface area (Å²) in [4.78, 5) is 28.1. The molecular formula is C86H132O42. The van der Waals surface area contributed by atoms with Gasteiger partial charge in [-0.3, -0.25) is 4.79 Å². The molecule has 8 heterocycles. The first-order chi connectivity index (χ1) is 60.3. The van der Waals surface area contributed by atoms with E-state index in [0.29, 0.717) is 56.9 Å². The Hall–Kier alpha value is -4.20. The van der Waals surface area contributed by atoms with Crippen LogP contribution in [0.5, 0.6) is 11.5 Å². The number of methoxy groups -OCH3 is 1. The average molecular weight is 1840 g/mol. The summed E-state index contributed by atoms with van der Waals surface area (Å²) in [5.74, 6) is -1.81. The minimum atomic E-state index is -2.09. The quantitative estimate of drug-likeness (QED) is 0.0199. The second-order valence-electron chi connectivity index (χ2n) is 39.3. The lowest BCUT2D eigenvalue weighted by Gasteiger charge is -2.71. The SMILES string of the molecule is COc1ccc(/C=C/C(=O)OC[C@H]2O[C@@H](O[C@H]3[C@H](O)[C@@H](O)[C@H](O[C@@H]4CO[C@@H](O[C@@H]5[C@@H](O)[C@H](C)O[C@@H](O[C@H]6[C@H](O[C@H]7CC[C@]8(C)[C@H]9CC=C%10[C@@H]%11CC(C)(C)CC[C@]%11(C(=O)O[C@@H]%11O[C@H](CO[C@@H]%12O[C@H](CO)[C@@H](O[C@@H]%13O[C@@H](C)[C@H](O)[C@@H](O)[C@H]%13O)[C@H](O)[C@H]%12O)[C@@H](O)[C@H](O)[C@H]%11O)CC[C@@]%10(C)[C@]9(C)CC[C@H]8C7(C)C)OC[C@H](O)[C@@H]6O)[C@@H]5O)[C@H](O)[C@@H]4O)O[C@@H]3CO)[C@H](O)[C@@H](O)[C@@H]2O)cc1O. The number of benzene rings is 1. The van der Waals surface area contributed by atoms with Crippen LogP contribution in [0.25, 0.3) is 6.08 Å². The van der Waals surface area contributed by atoms with Crippen molar-refractivity contribution in [3.63, 3.8) is 0 Å². The Labute approximate surface area is 738 Å². The first-order valence-electron chi connectivity index (χ1n) is 44.3. The fourth-order valence-electron chi connectivity index (χ4n) is 22.8. The normalized spacial score (nSPS) is 50.2. The number of carbonyl (C=O) groups is 2. The number of phenols is 1. The van der Waals surface area contributed by atoms with E-state index in [1.54, 1.807) is 6.07 Å². The van der Waals surface area contributed by atoms with Crippen molar-refractivity contribution in [2.75, 3.05) is 46.8 Å². The number of fused-ring (bicyclic) bond motifs is 7. The number of rotatable bonds is 24. The molecule has 728 valence electrons. The van der Waals surface area contributed by atoms with Crippen LogP contribution in [-0.4, -0.2) is 411 Å². The van der Waals surface area contributed by atoms with Gasteiger partial charge >= 0.3 is 11.9 Å². The van der Waals surface area contributed by atoms with E-state index in [0.717, 1.165) is 24.5 Å². The van der Waals surface area contributed by atoms with Crippen molar-refractivity contribution < 1.29 is 207 Å². The molecule has 42 nitrogen and oxygen atoms in total. The summed E-state index contributed by atoms with van der Waals surface area (Å²) in [5.41, 5.74) is -1.49. The molecule has 0 aromatic heterocycles. The number of allylic oxidation sites excluding steroid dienone is 2. The highest BCUT2D eigenvalue weighted by Gasteiger charge is 2.71. The Morgan fingerprint density at radius 2 is 1.01 bits per heavy atom. The molecule has 13 aliphatic rings. The van der Waals surface area contributed by atoms with Crippen molar-refractivity contribution in [3.05, 3.63) is 41.5 Å². The van der Waals surface area contributed by atoms with Crippen molar-refractivity contribution in [1.82, 2.24) is 0 Å². The summed E-state index contributed by atoms with van der Waals surface area (Å²) in [6, 6.07) is 4.32. The van der Waals surface area contributed by atoms with Gasteiger partial charge in [0, 0.05) is 6.08 Å². The standard InChI is InChI=1S/C86H132O42/c1-33-50(92)56(98)62(104)74(116-33)124-68-41(27-87)118-72(65(107)59(68)101)114-31-44-54(96)58(100)64(106)77(122-44)128-80(110)86-23-21-81(3,4)26-37(86)36-13-15-47-83(7)19-18-48(82(5,6)46(83)17-20-85(47,9)84(36,8)22-24-86)123-79-71(52(94)39(90)29-113-79)127-78-67(109)70(51(93)34(2)117-78)126-73-61(103)55(97)45(32-115-73)120-75-66(108)60(102)69(42(28-88)119-75)125-76-63(105)57(99)53(95)43(121-76)30-112-49(91)16-12-35-11-14-40(111-10)38(89)25-35/h11-14,16,25,33-34,37,39,41-48,50-79,87-90,92-109H,15,17-24,26-32H2,1-10H3/b16-12+/t33-,34-,37-,39-,41+,42+,43+,44+,45+,46-,47+,48-,50-,51-,52-,53+,54+,55+,56+,57-,58-,59+,60+,61+,62+,63+,64+,65+,66+,67+,68+,69+,70+,71+,72+,73-,74-,75-,76-,77-,78-,79-,83-,84+,85+,86-/m0/s1. The van der Waals surface area contributed by atoms with Crippen LogP contribution in [0.15, 0.2) is 35.9 Å². The van der Waals surface area contributed by atoms with Crippen LogP contribution >= 0.6 is 0 Å². The lowest BCUT2D eigenvalue weighted by atomic mass is 9.33. The first kappa shape index (κ1) is 99.8. The summed E-state index contributed by atoms with van der Waals surface area (Å²) < 4.78 is 106. The molecule has 0 amide bonds. The number of aliphatic hydroxyl groups is 21. The first-order valence-corrected chi connectivity index (χ1v) is 44.3. The molecule has 8 saturated heterocycles. The second kappa shape index (κ2) is 39.1. The van der Waals surface area contributed by atoms with E-state index in [1.807, 2.05) is 0 Å². The van der Waals surface area contributed by atoms with E-state index in [1.165, 1.54) is 39.2 Å². The molecule has 14 rings (SSSR count). The van der Waals surface area contributed by atoms with Crippen molar-refractivity contribution in [2.45, 2.75) is 366 Å². The lowest BCUT2D eigenvalue weighted by molar-refractivity contribution is -0.386. The second-order valence-corrected chi connectivity index (χ2v) is 39.3.